The zero-order valence-corrected chi connectivity index (χ0v) is 14.7. The smallest absolute Gasteiger partial charge is 0.215 e. The Morgan fingerprint density at radius 3 is 2.73 bits per heavy atom. The van der Waals surface area contributed by atoms with Crippen LogP contribution in [0.4, 0.5) is 0 Å². The van der Waals surface area contributed by atoms with E-state index in [2.05, 4.69) is 18.9 Å². The minimum Gasteiger partial charge on any atom is -0.275 e. The number of aryl methyl sites for hydroxylation is 2. The first kappa shape index (κ1) is 14.7. The highest BCUT2D eigenvalue weighted by molar-refractivity contribution is 7.89. The summed E-state index contributed by atoms with van der Waals surface area (Å²) < 4.78 is 29.3. The molecule has 2 aliphatic carbocycles. The third-order valence-corrected chi connectivity index (χ3v) is 8.95. The fourth-order valence-corrected chi connectivity index (χ4v) is 8.09. The van der Waals surface area contributed by atoms with Crippen molar-refractivity contribution in [3.63, 3.8) is 0 Å². The molecule has 1 aromatic rings. The summed E-state index contributed by atoms with van der Waals surface area (Å²) in [6, 6.07) is 0.186. The third-order valence-electron chi connectivity index (χ3n) is 6.97. The van der Waals surface area contributed by atoms with E-state index in [0.717, 1.165) is 24.1 Å². The molecule has 1 aliphatic heterocycles. The van der Waals surface area contributed by atoms with Gasteiger partial charge < -0.3 is 0 Å². The molecule has 2 heterocycles. The lowest BCUT2D eigenvalue weighted by Gasteiger charge is -2.37. The van der Waals surface area contributed by atoms with Crippen LogP contribution in [0.1, 0.15) is 44.4 Å². The molecular formula is C16H25N3O2S. The van der Waals surface area contributed by atoms with Gasteiger partial charge in [-0.15, -0.1) is 0 Å². The largest absolute Gasteiger partial charge is 0.275 e. The number of hydrogen-bond donors (Lipinski definition) is 0. The lowest BCUT2D eigenvalue weighted by Crippen LogP contribution is -2.41. The molecule has 1 aromatic heterocycles. The lowest BCUT2D eigenvalue weighted by atomic mass is 9.69. The van der Waals surface area contributed by atoms with Gasteiger partial charge in [-0.2, -0.15) is 9.40 Å². The summed E-state index contributed by atoms with van der Waals surface area (Å²) in [4.78, 5) is 0. The molecule has 3 atom stereocenters. The van der Waals surface area contributed by atoms with E-state index in [1.165, 1.54) is 6.42 Å². The Balaban J connectivity index is 1.74. The van der Waals surface area contributed by atoms with Crippen molar-refractivity contribution in [2.24, 2.45) is 23.8 Å². The monoisotopic (exact) mass is 323 g/mol. The maximum Gasteiger partial charge on any atom is 0.215 e. The van der Waals surface area contributed by atoms with Crippen LogP contribution in [-0.4, -0.2) is 34.3 Å². The van der Waals surface area contributed by atoms with E-state index in [1.54, 1.807) is 8.99 Å². The van der Waals surface area contributed by atoms with Crippen molar-refractivity contribution in [2.75, 3.05) is 5.75 Å². The van der Waals surface area contributed by atoms with Crippen LogP contribution in [0.3, 0.4) is 0 Å². The second kappa shape index (κ2) is 4.15. The van der Waals surface area contributed by atoms with Gasteiger partial charge in [0.1, 0.15) is 0 Å². The predicted molar refractivity (Wildman–Crippen MR) is 84.6 cm³/mol. The maximum atomic E-state index is 12.9. The van der Waals surface area contributed by atoms with Gasteiger partial charge in [-0.1, -0.05) is 13.8 Å². The van der Waals surface area contributed by atoms with Crippen LogP contribution >= 0.6 is 0 Å². The highest BCUT2D eigenvalue weighted by Crippen LogP contribution is 2.70. The molecule has 1 saturated heterocycles. The Hall–Kier alpha value is -0.880. The fourth-order valence-electron chi connectivity index (χ4n) is 5.56. The van der Waals surface area contributed by atoms with Crippen molar-refractivity contribution in [2.45, 2.75) is 52.6 Å². The Kier molecular flexibility index (Phi) is 2.77. The molecule has 2 saturated carbocycles. The Labute approximate surface area is 132 Å². The molecule has 2 bridgehead atoms. The van der Waals surface area contributed by atoms with E-state index >= 15 is 0 Å². The molecule has 0 amide bonds. The van der Waals surface area contributed by atoms with Crippen LogP contribution in [0.25, 0.3) is 0 Å². The highest BCUT2D eigenvalue weighted by atomic mass is 32.2. The molecule has 0 N–H and O–H groups in total. The number of rotatable bonds is 2. The van der Waals surface area contributed by atoms with Crippen molar-refractivity contribution in [3.05, 3.63) is 17.5 Å². The summed E-state index contributed by atoms with van der Waals surface area (Å²) in [6.07, 6.45) is 5.25. The van der Waals surface area contributed by atoms with Gasteiger partial charge in [-0.3, -0.25) is 4.68 Å². The number of fused-ring (bicyclic) bond motifs is 1. The molecule has 5 nitrogen and oxygen atoms in total. The molecule has 6 heteroatoms. The molecule has 22 heavy (non-hydrogen) atoms. The molecular weight excluding hydrogens is 298 g/mol. The summed E-state index contributed by atoms with van der Waals surface area (Å²) in [5.41, 5.74) is 2.07. The predicted octanol–water partition coefficient (Wildman–Crippen LogP) is 2.07. The fraction of sp³-hybridized carbons (Fsp3) is 0.812. The standard InChI is InChI=1S/C16H25N3O2S/c1-11-12(8-18(4)17-11)9-19-14-7-13-5-6-16(14,15(13,2)3)10-22(19,20)21/h8,13-14H,5-7,9-10H2,1-4H3/t13-,14-,16+/m1/s1. The van der Waals surface area contributed by atoms with Crippen LogP contribution in [0.15, 0.2) is 6.20 Å². The Morgan fingerprint density at radius 2 is 2.14 bits per heavy atom. The van der Waals surface area contributed by atoms with Crippen molar-refractivity contribution in [3.8, 4) is 0 Å². The van der Waals surface area contributed by atoms with E-state index in [-0.39, 0.29) is 16.9 Å². The van der Waals surface area contributed by atoms with Gasteiger partial charge in [0, 0.05) is 36.8 Å². The third kappa shape index (κ3) is 1.63. The van der Waals surface area contributed by atoms with Gasteiger partial charge in [0.05, 0.1) is 11.4 Å². The molecule has 0 aromatic carbocycles. The van der Waals surface area contributed by atoms with Gasteiger partial charge in [0.2, 0.25) is 10.0 Å². The zero-order valence-electron chi connectivity index (χ0n) is 13.8. The van der Waals surface area contributed by atoms with Crippen LogP contribution < -0.4 is 0 Å². The van der Waals surface area contributed by atoms with Crippen molar-refractivity contribution >= 4 is 10.0 Å². The lowest BCUT2D eigenvalue weighted by molar-refractivity contribution is 0.112. The van der Waals surface area contributed by atoms with Gasteiger partial charge in [-0.05, 0) is 37.5 Å². The van der Waals surface area contributed by atoms with E-state index in [0.29, 0.717) is 18.2 Å². The van der Waals surface area contributed by atoms with Crippen LogP contribution in [0, 0.1) is 23.7 Å². The molecule has 3 fully saturated rings. The average Bonchev–Trinajstić information content (AvgIpc) is 2.98. The number of hydrogen-bond acceptors (Lipinski definition) is 3. The van der Waals surface area contributed by atoms with Gasteiger partial charge in [0.15, 0.2) is 0 Å². The number of nitrogens with zero attached hydrogens (tertiary/aromatic N) is 3. The van der Waals surface area contributed by atoms with Crippen molar-refractivity contribution in [1.82, 2.24) is 14.1 Å². The van der Waals surface area contributed by atoms with Crippen molar-refractivity contribution in [1.29, 1.82) is 0 Å². The van der Waals surface area contributed by atoms with E-state index in [4.69, 9.17) is 0 Å². The van der Waals surface area contributed by atoms with Crippen LogP contribution in [0.5, 0.6) is 0 Å². The average molecular weight is 323 g/mol. The van der Waals surface area contributed by atoms with Gasteiger partial charge >= 0.3 is 0 Å². The molecule has 4 rings (SSSR count). The minimum atomic E-state index is -3.17. The molecule has 0 radical (unpaired) electrons. The van der Waals surface area contributed by atoms with E-state index in [1.807, 2.05) is 20.2 Å². The van der Waals surface area contributed by atoms with Gasteiger partial charge in [-0.25, -0.2) is 8.42 Å². The second-order valence-corrected chi connectivity index (χ2v) is 10.0. The topological polar surface area (TPSA) is 55.2 Å². The van der Waals surface area contributed by atoms with E-state index < -0.39 is 10.0 Å². The number of sulfonamides is 1. The first-order valence-corrected chi connectivity index (χ1v) is 9.77. The summed E-state index contributed by atoms with van der Waals surface area (Å²) in [5.74, 6) is 1.01. The molecule has 3 aliphatic rings. The normalized spacial score (nSPS) is 38.5. The summed E-state index contributed by atoms with van der Waals surface area (Å²) in [7, 11) is -1.28. The molecule has 1 spiro atoms. The van der Waals surface area contributed by atoms with Crippen molar-refractivity contribution < 1.29 is 8.42 Å². The first-order chi connectivity index (χ1) is 10.2. The SMILES string of the molecule is Cc1nn(C)cc1CN1[C@@H]2C[C@H]3CC[C@@]2(CS1(=O)=O)C3(C)C. The van der Waals surface area contributed by atoms with Crippen LogP contribution in [0.2, 0.25) is 0 Å². The Morgan fingerprint density at radius 1 is 1.41 bits per heavy atom. The van der Waals surface area contributed by atoms with Gasteiger partial charge in [0.25, 0.3) is 0 Å². The summed E-state index contributed by atoms with van der Waals surface area (Å²) in [5, 5.41) is 4.36. The number of aromatic nitrogens is 2. The zero-order chi connectivity index (χ0) is 15.9. The second-order valence-electron chi connectivity index (χ2n) is 8.08. The van der Waals surface area contributed by atoms with Crippen LogP contribution in [-0.2, 0) is 23.6 Å². The highest BCUT2D eigenvalue weighted by Gasteiger charge is 2.71. The summed E-state index contributed by atoms with van der Waals surface area (Å²) >= 11 is 0. The first-order valence-electron chi connectivity index (χ1n) is 8.16. The quantitative estimate of drug-likeness (QED) is 0.837. The maximum absolute atomic E-state index is 12.9. The molecule has 0 unspecified atom stereocenters. The summed E-state index contributed by atoms with van der Waals surface area (Å²) in [6.45, 7) is 7.02. The van der Waals surface area contributed by atoms with E-state index in [9.17, 15) is 8.42 Å². The minimum absolute atomic E-state index is 0.0351. The molecule has 122 valence electrons. The Bertz CT molecular complexity index is 737.